The number of piperidine rings is 1. The Morgan fingerprint density at radius 2 is 1.96 bits per heavy atom. The number of thiophene rings is 1. The van der Waals surface area contributed by atoms with Crippen LogP contribution >= 0.6 is 11.3 Å². The van der Waals surface area contributed by atoms with E-state index in [4.69, 9.17) is 4.74 Å². The molecule has 0 atom stereocenters. The fourth-order valence-electron chi connectivity index (χ4n) is 4.01. The van der Waals surface area contributed by atoms with Gasteiger partial charge in [-0.1, -0.05) is 0 Å². The summed E-state index contributed by atoms with van der Waals surface area (Å²) in [6.45, 7) is 5.72. The molecule has 0 bridgehead atoms. The second kappa shape index (κ2) is 7.87. The van der Waals surface area contributed by atoms with Crippen molar-refractivity contribution in [2.24, 2.45) is 5.41 Å². The third-order valence-corrected chi connectivity index (χ3v) is 6.87. The van der Waals surface area contributed by atoms with Crippen molar-refractivity contribution in [2.75, 3.05) is 39.9 Å². The number of ether oxygens (including phenoxy) is 1. The summed E-state index contributed by atoms with van der Waals surface area (Å²) >= 11 is 1.54. The first-order valence-corrected chi connectivity index (χ1v) is 10.0. The molecule has 6 heteroatoms. The average Bonchev–Trinajstić information content (AvgIpc) is 2.99. The molecule has 2 amide bonds. The molecule has 0 N–H and O–H groups in total. The van der Waals surface area contributed by atoms with Gasteiger partial charge in [0.05, 0.1) is 11.5 Å². The maximum Gasteiger partial charge on any atom is 0.264 e. The number of hydrogen-bond donors (Lipinski definition) is 0. The van der Waals surface area contributed by atoms with Crippen molar-refractivity contribution in [3.63, 3.8) is 0 Å². The van der Waals surface area contributed by atoms with Crippen LogP contribution in [0, 0.1) is 12.3 Å². The summed E-state index contributed by atoms with van der Waals surface area (Å²) in [7, 11) is 1.67. The van der Waals surface area contributed by atoms with Crippen molar-refractivity contribution in [3.05, 3.63) is 21.9 Å². The number of hydrogen-bond acceptors (Lipinski definition) is 4. The summed E-state index contributed by atoms with van der Waals surface area (Å²) < 4.78 is 5.12. The Morgan fingerprint density at radius 1 is 1.24 bits per heavy atom. The van der Waals surface area contributed by atoms with Gasteiger partial charge >= 0.3 is 0 Å². The van der Waals surface area contributed by atoms with Crippen molar-refractivity contribution in [2.45, 2.75) is 39.0 Å². The molecule has 0 aliphatic carbocycles. The Hall–Kier alpha value is -1.40. The van der Waals surface area contributed by atoms with Crippen molar-refractivity contribution in [1.29, 1.82) is 0 Å². The van der Waals surface area contributed by atoms with Crippen molar-refractivity contribution in [3.8, 4) is 0 Å². The third kappa shape index (κ3) is 4.06. The van der Waals surface area contributed by atoms with Gasteiger partial charge in [-0.25, -0.2) is 0 Å². The minimum atomic E-state index is 0.175. The number of methoxy groups -OCH3 is 1. The monoisotopic (exact) mass is 364 g/mol. The fraction of sp³-hybridized carbons (Fsp3) is 0.684. The van der Waals surface area contributed by atoms with Gasteiger partial charge in [-0.15, -0.1) is 11.3 Å². The van der Waals surface area contributed by atoms with Gasteiger partial charge in [-0.05, 0) is 55.0 Å². The molecule has 0 unspecified atom stereocenters. The average molecular weight is 365 g/mol. The summed E-state index contributed by atoms with van der Waals surface area (Å²) in [5.74, 6) is 0.426. The molecule has 2 aliphatic heterocycles. The summed E-state index contributed by atoms with van der Waals surface area (Å²) in [5.41, 5.74) is 1.29. The van der Waals surface area contributed by atoms with E-state index in [9.17, 15) is 9.59 Å². The van der Waals surface area contributed by atoms with Gasteiger partial charge in [-0.3, -0.25) is 9.59 Å². The largest absolute Gasteiger partial charge is 0.383 e. The van der Waals surface area contributed by atoms with Crippen molar-refractivity contribution in [1.82, 2.24) is 9.80 Å². The molecule has 2 aliphatic rings. The Morgan fingerprint density at radius 3 is 2.60 bits per heavy atom. The predicted molar refractivity (Wildman–Crippen MR) is 98.9 cm³/mol. The predicted octanol–water partition coefficient (Wildman–Crippen LogP) is 2.94. The van der Waals surface area contributed by atoms with E-state index in [1.807, 2.05) is 28.2 Å². The minimum Gasteiger partial charge on any atom is -0.383 e. The lowest BCUT2D eigenvalue weighted by molar-refractivity contribution is -0.131. The maximum absolute atomic E-state index is 12.7. The number of rotatable bonds is 4. The zero-order valence-electron chi connectivity index (χ0n) is 15.3. The van der Waals surface area contributed by atoms with Crippen LogP contribution in [-0.4, -0.2) is 61.5 Å². The van der Waals surface area contributed by atoms with Crippen LogP contribution < -0.4 is 0 Å². The molecule has 5 nitrogen and oxygen atoms in total. The Labute approximate surface area is 153 Å². The number of aryl methyl sites for hydroxylation is 1. The zero-order valence-corrected chi connectivity index (χ0v) is 16.1. The number of carbonyl (C=O) groups is 2. The fourth-order valence-corrected chi connectivity index (χ4v) is 4.90. The molecule has 1 spiro atoms. The van der Waals surface area contributed by atoms with Crippen LogP contribution in [0.4, 0.5) is 0 Å². The van der Waals surface area contributed by atoms with E-state index in [-0.39, 0.29) is 17.2 Å². The van der Waals surface area contributed by atoms with E-state index in [0.29, 0.717) is 19.6 Å². The smallest absolute Gasteiger partial charge is 0.264 e. The van der Waals surface area contributed by atoms with Crippen LogP contribution in [0.1, 0.15) is 47.3 Å². The van der Waals surface area contributed by atoms with Crippen LogP contribution in [0.2, 0.25) is 0 Å². The Bertz CT molecular complexity index is 620. The van der Waals surface area contributed by atoms with E-state index in [1.54, 1.807) is 7.11 Å². The molecular formula is C19H28N2O3S. The molecule has 0 saturated carbocycles. The molecule has 0 aromatic carbocycles. The van der Waals surface area contributed by atoms with E-state index < -0.39 is 0 Å². The Balaban J connectivity index is 1.58. The molecule has 138 valence electrons. The Kier molecular flexibility index (Phi) is 5.79. The SMILES string of the molecule is COCCN1CCC2(CCC1=O)CCN(C(=O)c1sccc1C)CC2. The molecule has 3 rings (SSSR count). The van der Waals surface area contributed by atoms with Gasteiger partial charge in [0.25, 0.3) is 5.91 Å². The summed E-state index contributed by atoms with van der Waals surface area (Å²) in [6.07, 6.45) is 4.64. The standard InChI is InChI=1S/C19H28N2O3S/c1-15-4-14-25-17(15)18(23)21-10-7-19(8-11-21)5-3-16(22)20(9-6-19)12-13-24-2/h4,14H,3,5-13H2,1-2H3. The van der Waals surface area contributed by atoms with Crippen LogP contribution in [0.15, 0.2) is 11.4 Å². The number of likely N-dealkylation sites (tertiary alicyclic amines) is 2. The first-order valence-electron chi connectivity index (χ1n) is 9.15. The molecule has 0 radical (unpaired) electrons. The quantitative estimate of drug-likeness (QED) is 0.825. The van der Waals surface area contributed by atoms with Crippen LogP contribution in [0.5, 0.6) is 0 Å². The molecule has 25 heavy (non-hydrogen) atoms. The van der Waals surface area contributed by atoms with Gasteiger partial charge in [0.1, 0.15) is 0 Å². The number of carbonyl (C=O) groups excluding carboxylic acids is 2. The number of nitrogens with zero attached hydrogens (tertiary/aromatic N) is 2. The van der Waals surface area contributed by atoms with E-state index in [1.165, 1.54) is 11.3 Å². The highest BCUT2D eigenvalue weighted by molar-refractivity contribution is 7.12. The van der Waals surface area contributed by atoms with Gasteiger partial charge in [-0.2, -0.15) is 0 Å². The third-order valence-electron chi connectivity index (χ3n) is 5.87. The first-order chi connectivity index (χ1) is 12.0. The second-order valence-corrected chi connectivity index (χ2v) is 8.26. The van der Waals surface area contributed by atoms with E-state index in [0.717, 1.165) is 55.8 Å². The lowest BCUT2D eigenvalue weighted by atomic mass is 9.73. The molecule has 2 saturated heterocycles. The second-order valence-electron chi connectivity index (χ2n) is 7.35. The van der Waals surface area contributed by atoms with Crippen LogP contribution in [0.3, 0.4) is 0 Å². The lowest BCUT2D eigenvalue weighted by Gasteiger charge is -2.41. The zero-order chi connectivity index (χ0) is 17.9. The molecular weight excluding hydrogens is 336 g/mol. The normalized spacial score (nSPS) is 20.8. The topological polar surface area (TPSA) is 49.9 Å². The van der Waals surface area contributed by atoms with Gasteiger partial charge in [0.15, 0.2) is 0 Å². The highest BCUT2D eigenvalue weighted by atomic mass is 32.1. The number of amides is 2. The van der Waals surface area contributed by atoms with Gasteiger partial charge in [0, 0.05) is 39.7 Å². The van der Waals surface area contributed by atoms with E-state index in [2.05, 4.69) is 0 Å². The molecule has 2 fully saturated rings. The minimum absolute atomic E-state index is 0.175. The highest BCUT2D eigenvalue weighted by Gasteiger charge is 2.39. The molecule has 3 heterocycles. The van der Waals surface area contributed by atoms with Crippen LogP contribution in [-0.2, 0) is 9.53 Å². The van der Waals surface area contributed by atoms with Gasteiger partial charge < -0.3 is 14.5 Å². The summed E-state index contributed by atoms with van der Waals surface area (Å²) in [5, 5.41) is 1.99. The van der Waals surface area contributed by atoms with Crippen LogP contribution in [0.25, 0.3) is 0 Å². The summed E-state index contributed by atoms with van der Waals surface area (Å²) in [6, 6.07) is 2.01. The first kappa shape index (κ1) is 18.4. The van der Waals surface area contributed by atoms with Gasteiger partial charge in [0.2, 0.25) is 5.91 Å². The maximum atomic E-state index is 12.7. The summed E-state index contributed by atoms with van der Waals surface area (Å²) in [4.78, 5) is 29.8. The highest BCUT2D eigenvalue weighted by Crippen LogP contribution is 2.41. The molecule has 1 aromatic heterocycles. The van der Waals surface area contributed by atoms with E-state index >= 15 is 0 Å². The lowest BCUT2D eigenvalue weighted by Crippen LogP contribution is -2.43. The van der Waals surface area contributed by atoms with Crippen molar-refractivity contribution < 1.29 is 14.3 Å². The van der Waals surface area contributed by atoms with Crippen molar-refractivity contribution >= 4 is 23.2 Å². The molecule has 1 aromatic rings.